The number of urea groups is 1. The van der Waals surface area contributed by atoms with E-state index in [0.29, 0.717) is 12.0 Å². The monoisotopic (exact) mass is 713 g/mol. The highest BCUT2D eigenvalue weighted by Gasteiger charge is 2.32. The van der Waals surface area contributed by atoms with Crippen LogP contribution in [0.5, 0.6) is 0 Å². The first-order chi connectivity index (χ1) is 21.9. The fraction of sp³-hybridized carbons (Fsp3) is 0.387. The summed E-state index contributed by atoms with van der Waals surface area (Å²) < 4.78 is 0.912. The third-order valence-electron chi connectivity index (χ3n) is 6.97. The van der Waals surface area contributed by atoms with E-state index in [1.807, 2.05) is 31.2 Å². The van der Waals surface area contributed by atoms with Crippen molar-refractivity contribution in [2.75, 3.05) is 6.54 Å². The molecule has 3 aromatic rings. The Balaban J connectivity index is 1.75. The SMILES string of the molecule is CC(C)[C@H](NC(=O)[C@H](Cc1cccnc1)NC(=O)N[C@H](C)c1ccc(Br)cc1)C(=O)N[C@@H](CCCN=C(N)N)C(=O)c1nccs1. The smallest absolute Gasteiger partial charge is 0.315 e. The van der Waals surface area contributed by atoms with Gasteiger partial charge in [0.25, 0.3) is 0 Å². The molecule has 246 valence electrons. The number of Topliss-reactive ketones (excluding diaryl/α,β-unsaturated/α-hetero) is 1. The number of guanidine groups is 1. The maximum Gasteiger partial charge on any atom is 0.315 e. The number of carbonyl (C=O) groups excluding carboxylic acids is 4. The summed E-state index contributed by atoms with van der Waals surface area (Å²) in [6, 6.07) is 7.17. The predicted molar refractivity (Wildman–Crippen MR) is 181 cm³/mol. The molecule has 0 saturated carbocycles. The number of pyridine rings is 1. The molecule has 1 aromatic carbocycles. The lowest BCUT2D eigenvalue weighted by Gasteiger charge is -2.27. The summed E-state index contributed by atoms with van der Waals surface area (Å²) in [5.74, 6) is -1.89. The third kappa shape index (κ3) is 11.5. The molecule has 8 N–H and O–H groups in total. The number of benzene rings is 1. The van der Waals surface area contributed by atoms with Gasteiger partial charge in [-0.1, -0.05) is 48.0 Å². The van der Waals surface area contributed by atoms with Gasteiger partial charge in [-0.2, -0.15) is 0 Å². The number of carbonyl (C=O) groups is 4. The molecule has 0 saturated heterocycles. The van der Waals surface area contributed by atoms with Crippen LogP contribution in [0.1, 0.15) is 60.6 Å². The number of nitrogens with zero attached hydrogens (tertiary/aromatic N) is 3. The van der Waals surface area contributed by atoms with Crippen LogP contribution in [0.3, 0.4) is 0 Å². The lowest BCUT2D eigenvalue weighted by atomic mass is 10.00. The Morgan fingerprint density at radius 2 is 1.67 bits per heavy atom. The maximum atomic E-state index is 13.7. The van der Waals surface area contributed by atoms with Crippen LogP contribution in [0.4, 0.5) is 4.79 Å². The second kappa shape index (κ2) is 17.9. The first-order valence-corrected chi connectivity index (χ1v) is 16.4. The van der Waals surface area contributed by atoms with Crippen molar-refractivity contribution in [1.82, 2.24) is 31.2 Å². The number of ketones is 1. The van der Waals surface area contributed by atoms with Crippen molar-refractivity contribution in [3.05, 3.63) is 81.0 Å². The van der Waals surface area contributed by atoms with Gasteiger partial charge >= 0.3 is 6.03 Å². The quantitative estimate of drug-likeness (QED) is 0.0562. The Bertz CT molecular complexity index is 1470. The Labute approximate surface area is 280 Å². The first-order valence-electron chi connectivity index (χ1n) is 14.8. The van der Waals surface area contributed by atoms with Crippen LogP contribution < -0.4 is 32.7 Å². The number of aliphatic imine (C=N–C) groups is 1. The van der Waals surface area contributed by atoms with Crippen molar-refractivity contribution < 1.29 is 19.2 Å². The highest BCUT2D eigenvalue weighted by atomic mass is 79.9. The molecule has 0 spiro atoms. The number of nitrogens with two attached hydrogens (primary N) is 2. The zero-order valence-corrected chi connectivity index (χ0v) is 28.3. The summed E-state index contributed by atoms with van der Waals surface area (Å²) in [6.45, 7) is 5.65. The number of amides is 4. The molecule has 4 amide bonds. The average molecular weight is 715 g/mol. The third-order valence-corrected chi connectivity index (χ3v) is 8.29. The Kier molecular flexibility index (Phi) is 14.1. The number of rotatable bonds is 16. The fourth-order valence-corrected chi connectivity index (χ4v) is 5.41. The molecule has 0 aliphatic heterocycles. The summed E-state index contributed by atoms with van der Waals surface area (Å²) in [4.78, 5) is 65.8. The maximum absolute atomic E-state index is 13.7. The minimum atomic E-state index is -1.04. The number of nitrogens with one attached hydrogen (secondary N) is 4. The molecule has 2 aromatic heterocycles. The molecular weight excluding hydrogens is 674 g/mol. The molecular formula is C31H40BrN9O4S. The lowest BCUT2D eigenvalue weighted by Crippen LogP contribution is -2.58. The van der Waals surface area contributed by atoms with Crippen LogP contribution in [0, 0.1) is 5.92 Å². The van der Waals surface area contributed by atoms with E-state index in [-0.39, 0.29) is 48.1 Å². The number of aromatic nitrogens is 2. The van der Waals surface area contributed by atoms with Crippen molar-refractivity contribution in [3.8, 4) is 0 Å². The minimum absolute atomic E-state index is 0.0691. The molecule has 3 rings (SSSR count). The first kappa shape index (κ1) is 36.1. The van der Waals surface area contributed by atoms with Gasteiger partial charge in [0.05, 0.1) is 12.1 Å². The molecule has 15 heteroatoms. The highest BCUT2D eigenvalue weighted by Crippen LogP contribution is 2.17. The van der Waals surface area contributed by atoms with Gasteiger partial charge in [0.15, 0.2) is 11.0 Å². The van der Waals surface area contributed by atoms with Gasteiger partial charge in [-0.25, -0.2) is 9.78 Å². The Hall–Kier alpha value is -4.37. The van der Waals surface area contributed by atoms with E-state index >= 15 is 0 Å². The van der Waals surface area contributed by atoms with Gasteiger partial charge in [-0.3, -0.25) is 24.4 Å². The van der Waals surface area contributed by atoms with Crippen LogP contribution in [-0.2, 0) is 16.0 Å². The second-order valence-electron chi connectivity index (χ2n) is 11.0. The van der Waals surface area contributed by atoms with Crippen LogP contribution in [-0.4, -0.2) is 64.2 Å². The largest absolute Gasteiger partial charge is 0.370 e. The van der Waals surface area contributed by atoms with E-state index < -0.39 is 36.0 Å². The van der Waals surface area contributed by atoms with Crippen LogP contribution in [0.25, 0.3) is 0 Å². The number of thiazole rings is 1. The molecule has 0 unspecified atom stereocenters. The average Bonchev–Trinajstić information content (AvgIpc) is 3.56. The van der Waals surface area contributed by atoms with Gasteiger partial charge in [0.1, 0.15) is 12.1 Å². The molecule has 0 bridgehead atoms. The topological polar surface area (TPSA) is 207 Å². The Morgan fingerprint density at radius 1 is 0.935 bits per heavy atom. The van der Waals surface area contributed by atoms with Gasteiger partial charge in [0, 0.05) is 41.4 Å². The molecule has 0 aliphatic rings. The highest BCUT2D eigenvalue weighted by molar-refractivity contribution is 9.10. The number of halogens is 1. The van der Waals surface area contributed by atoms with Gasteiger partial charge in [-0.05, 0) is 55.0 Å². The summed E-state index contributed by atoms with van der Waals surface area (Å²) >= 11 is 4.57. The fourth-order valence-electron chi connectivity index (χ4n) is 4.51. The summed E-state index contributed by atoms with van der Waals surface area (Å²) in [5.41, 5.74) is 12.4. The zero-order valence-electron chi connectivity index (χ0n) is 25.9. The molecule has 4 atom stereocenters. The zero-order chi connectivity index (χ0) is 33.6. The van der Waals surface area contributed by atoms with E-state index in [1.54, 1.807) is 43.8 Å². The lowest BCUT2D eigenvalue weighted by molar-refractivity contribution is -0.131. The summed E-state index contributed by atoms with van der Waals surface area (Å²) in [7, 11) is 0. The van der Waals surface area contributed by atoms with E-state index in [1.165, 1.54) is 17.5 Å². The Morgan fingerprint density at radius 3 is 2.28 bits per heavy atom. The molecule has 0 aliphatic carbocycles. The molecule has 2 heterocycles. The second-order valence-corrected chi connectivity index (χ2v) is 12.8. The van der Waals surface area contributed by atoms with Crippen LogP contribution in [0.15, 0.2) is 69.8 Å². The van der Waals surface area contributed by atoms with Gasteiger partial charge < -0.3 is 32.7 Å². The number of hydrogen-bond acceptors (Lipinski definition) is 8. The molecule has 0 fully saturated rings. The molecule has 13 nitrogen and oxygen atoms in total. The van der Waals surface area contributed by atoms with Crippen LogP contribution in [0.2, 0.25) is 0 Å². The molecule has 46 heavy (non-hydrogen) atoms. The van der Waals surface area contributed by atoms with E-state index in [2.05, 4.69) is 52.2 Å². The predicted octanol–water partition coefficient (Wildman–Crippen LogP) is 2.83. The van der Waals surface area contributed by atoms with E-state index in [4.69, 9.17) is 11.5 Å². The van der Waals surface area contributed by atoms with Crippen molar-refractivity contribution in [1.29, 1.82) is 0 Å². The summed E-state index contributed by atoms with van der Waals surface area (Å²) in [6.07, 6.45) is 5.53. The standard InChI is InChI=1S/C31H40BrN9O4S/c1-18(2)25(28(44)39-23(7-5-13-37-30(33)34)26(42)29-36-14-15-46-29)41-27(43)24(16-20-6-4-12-35-17-20)40-31(45)38-19(3)21-8-10-22(32)11-9-21/h4,6,8-12,14-15,17-19,23-25H,5,7,13,16H2,1-3H3,(H,39,44)(H,41,43)(H4,33,34,37)(H2,38,40,45)/t19-,23+,24+,25+/m1/s1. The van der Waals surface area contributed by atoms with Crippen molar-refractivity contribution in [2.24, 2.45) is 22.4 Å². The van der Waals surface area contributed by atoms with Crippen molar-refractivity contribution in [2.45, 2.75) is 64.2 Å². The van der Waals surface area contributed by atoms with Gasteiger partial charge in [-0.15, -0.1) is 11.3 Å². The van der Waals surface area contributed by atoms with Crippen molar-refractivity contribution in [3.63, 3.8) is 0 Å². The van der Waals surface area contributed by atoms with E-state index in [9.17, 15) is 19.2 Å². The summed E-state index contributed by atoms with van der Waals surface area (Å²) in [5, 5.41) is 13.1. The van der Waals surface area contributed by atoms with Gasteiger partial charge in [0.2, 0.25) is 17.6 Å². The van der Waals surface area contributed by atoms with Crippen LogP contribution >= 0.6 is 27.3 Å². The van der Waals surface area contributed by atoms with E-state index in [0.717, 1.165) is 10.0 Å². The normalized spacial score (nSPS) is 13.5. The molecule has 0 radical (unpaired) electrons. The van der Waals surface area contributed by atoms with Crippen molar-refractivity contribution >= 4 is 56.9 Å². The minimum Gasteiger partial charge on any atom is -0.370 e. The number of hydrogen-bond donors (Lipinski definition) is 6.